The lowest BCUT2D eigenvalue weighted by atomic mass is 10.1. The number of carbonyl (C=O) groups is 2. The summed E-state index contributed by atoms with van der Waals surface area (Å²) in [5, 5.41) is 1.29. The number of pyridine rings is 1. The molecule has 1 aliphatic rings. The summed E-state index contributed by atoms with van der Waals surface area (Å²) in [5.74, 6) is -0.423. The van der Waals surface area contributed by atoms with Crippen molar-refractivity contribution >= 4 is 62.7 Å². The molecule has 0 aliphatic carbocycles. The van der Waals surface area contributed by atoms with E-state index in [1.807, 2.05) is 37.3 Å². The number of ether oxygens (including phenoxy) is 2. The van der Waals surface area contributed by atoms with Crippen LogP contribution < -0.4 is 9.64 Å². The molecule has 6 nitrogen and oxygen atoms in total. The predicted molar refractivity (Wildman–Crippen MR) is 123 cm³/mol. The quantitative estimate of drug-likeness (QED) is 0.357. The van der Waals surface area contributed by atoms with Crippen LogP contribution in [0.25, 0.3) is 10.9 Å². The average molecular weight is 537 g/mol. The molecule has 3 aromatic rings. The highest BCUT2D eigenvalue weighted by molar-refractivity contribution is 14.1. The van der Waals surface area contributed by atoms with Crippen LogP contribution in [-0.2, 0) is 20.7 Å². The Kier molecular flexibility index (Phi) is 6.10. The van der Waals surface area contributed by atoms with Crippen molar-refractivity contribution < 1.29 is 19.1 Å². The molecule has 30 heavy (non-hydrogen) atoms. The van der Waals surface area contributed by atoms with Gasteiger partial charge in [0.05, 0.1) is 8.59 Å². The van der Waals surface area contributed by atoms with Gasteiger partial charge in [0.2, 0.25) is 0 Å². The van der Waals surface area contributed by atoms with E-state index in [-0.39, 0.29) is 25.2 Å². The van der Waals surface area contributed by atoms with Crippen molar-refractivity contribution in [3.05, 3.63) is 62.8 Å². The van der Waals surface area contributed by atoms with Crippen molar-refractivity contribution in [2.24, 2.45) is 0 Å². The predicted octanol–water partition coefficient (Wildman–Crippen LogP) is 4.39. The third kappa shape index (κ3) is 4.09. The van der Waals surface area contributed by atoms with Gasteiger partial charge in [-0.2, -0.15) is 0 Å². The normalized spacial score (nSPS) is 15.2. The van der Waals surface area contributed by atoms with Crippen molar-refractivity contribution in [2.45, 2.75) is 19.4 Å². The number of hydrogen-bond donors (Lipinski definition) is 0. The largest absolute Gasteiger partial charge is 0.478 e. The molecule has 0 bridgehead atoms. The third-order valence-corrected chi connectivity index (χ3v) is 6.03. The summed E-state index contributed by atoms with van der Waals surface area (Å²) in [5.41, 5.74) is 2.56. The molecule has 154 valence electrons. The standard InChI is InChI=1S/C22H18ClIN2O4/c1-13-9-14-5-2-3-7-18(14)26(13)19(27)11-29-20(28)12-30-22-17(24)10-16(23)15-6-4-8-25-21(15)22/h2-8,10,13H,9,11-12H2,1H3/t13-/m0/s1. The number of amides is 1. The molecule has 1 aliphatic heterocycles. The second-order valence-corrected chi connectivity index (χ2v) is 8.53. The first-order chi connectivity index (χ1) is 14.5. The van der Waals surface area contributed by atoms with Crippen LogP contribution in [0.1, 0.15) is 12.5 Å². The van der Waals surface area contributed by atoms with Crippen LogP contribution in [0.5, 0.6) is 5.75 Å². The lowest BCUT2D eigenvalue weighted by Crippen LogP contribution is -2.39. The van der Waals surface area contributed by atoms with Crippen molar-refractivity contribution in [1.82, 2.24) is 4.98 Å². The van der Waals surface area contributed by atoms with Gasteiger partial charge in [-0.1, -0.05) is 29.8 Å². The summed E-state index contributed by atoms with van der Waals surface area (Å²) in [7, 11) is 0. The molecule has 0 spiro atoms. The number of aromatic nitrogens is 1. The first-order valence-electron chi connectivity index (χ1n) is 9.37. The lowest BCUT2D eigenvalue weighted by molar-refractivity contribution is -0.149. The van der Waals surface area contributed by atoms with Gasteiger partial charge in [-0.25, -0.2) is 4.79 Å². The van der Waals surface area contributed by atoms with E-state index in [1.165, 1.54) is 0 Å². The van der Waals surface area contributed by atoms with Crippen LogP contribution in [0.15, 0.2) is 48.7 Å². The highest BCUT2D eigenvalue weighted by Crippen LogP contribution is 2.35. The maximum absolute atomic E-state index is 12.6. The Bertz CT molecular complexity index is 1140. The van der Waals surface area contributed by atoms with Gasteiger partial charge in [-0.3, -0.25) is 9.78 Å². The first-order valence-corrected chi connectivity index (χ1v) is 10.8. The van der Waals surface area contributed by atoms with E-state index in [1.54, 1.807) is 23.2 Å². The first kappa shape index (κ1) is 20.9. The molecule has 0 N–H and O–H groups in total. The van der Waals surface area contributed by atoms with Gasteiger partial charge in [0.25, 0.3) is 5.91 Å². The number of fused-ring (bicyclic) bond motifs is 2. The second kappa shape index (κ2) is 8.77. The summed E-state index contributed by atoms with van der Waals surface area (Å²) in [6, 6.07) is 13.1. The number of anilines is 1. The van der Waals surface area contributed by atoms with Gasteiger partial charge in [0.15, 0.2) is 19.0 Å². The SMILES string of the molecule is C[C@H]1Cc2ccccc2N1C(=O)COC(=O)COc1c(I)cc(Cl)c2cccnc12. The van der Waals surface area contributed by atoms with E-state index in [0.29, 0.717) is 16.3 Å². The average Bonchev–Trinajstić information content (AvgIpc) is 3.07. The number of nitrogens with zero attached hydrogens (tertiary/aromatic N) is 2. The van der Waals surface area contributed by atoms with Crippen LogP contribution in [-0.4, -0.2) is 36.1 Å². The van der Waals surface area contributed by atoms with E-state index in [9.17, 15) is 9.59 Å². The molecule has 0 saturated carbocycles. The summed E-state index contributed by atoms with van der Waals surface area (Å²) in [6.45, 7) is 1.31. The second-order valence-electron chi connectivity index (χ2n) is 6.96. The number of hydrogen-bond acceptors (Lipinski definition) is 5. The molecule has 0 fully saturated rings. The fourth-order valence-electron chi connectivity index (χ4n) is 3.61. The van der Waals surface area contributed by atoms with Crippen molar-refractivity contribution in [3.8, 4) is 5.75 Å². The zero-order chi connectivity index (χ0) is 21.3. The van der Waals surface area contributed by atoms with Crippen LogP contribution in [0.2, 0.25) is 5.02 Å². The van der Waals surface area contributed by atoms with Gasteiger partial charge < -0.3 is 14.4 Å². The highest BCUT2D eigenvalue weighted by atomic mass is 127. The zero-order valence-electron chi connectivity index (χ0n) is 16.1. The van der Waals surface area contributed by atoms with E-state index in [4.69, 9.17) is 21.1 Å². The summed E-state index contributed by atoms with van der Waals surface area (Å²) >= 11 is 8.34. The Labute approximate surface area is 192 Å². The maximum atomic E-state index is 12.6. The Hall–Kier alpha value is -2.39. The summed E-state index contributed by atoms with van der Waals surface area (Å²) < 4.78 is 11.6. The van der Waals surface area contributed by atoms with Crippen LogP contribution in [0.4, 0.5) is 5.69 Å². The number of esters is 1. The zero-order valence-corrected chi connectivity index (χ0v) is 19.0. The Morgan fingerprint density at radius 2 is 2.03 bits per heavy atom. The molecule has 1 atom stereocenters. The molecule has 2 aromatic carbocycles. The molecular weight excluding hydrogens is 519 g/mol. The number of carbonyl (C=O) groups excluding carboxylic acids is 2. The fraction of sp³-hybridized carbons (Fsp3) is 0.227. The minimum Gasteiger partial charge on any atom is -0.478 e. The number of halogens is 2. The van der Waals surface area contributed by atoms with Gasteiger partial charge >= 0.3 is 5.97 Å². The van der Waals surface area contributed by atoms with Gasteiger partial charge in [-0.15, -0.1) is 0 Å². The molecule has 2 heterocycles. The van der Waals surface area contributed by atoms with Crippen LogP contribution >= 0.6 is 34.2 Å². The van der Waals surface area contributed by atoms with Crippen molar-refractivity contribution in [3.63, 3.8) is 0 Å². The van der Waals surface area contributed by atoms with E-state index in [2.05, 4.69) is 27.6 Å². The van der Waals surface area contributed by atoms with Gasteiger partial charge in [0, 0.05) is 23.3 Å². The fourth-order valence-corrected chi connectivity index (χ4v) is 4.78. The molecule has 1 amide bonds. The van der Waals surface area contributed by atoms with Gasteiger partial charge in [0.1, 0.15) is 5.52 Å². The Balaban J connectivity index is 1.39. The minimum atomic E-state index is -0.627. The number of rotatable bonds is 5. The molecule has 0 saturated heterocycles. The Morgan fingerprint density at radius 3 is 2.87 bits per heavy atom. The summed E-state index contributed by atoms with van der Waals surface area (Å²) in [4.78, 5) is 30.8. The lowest BCUT2D eigenvalue weighted by Gasteiger charge is -2.22. The highest BCUT2D eigenvalue weighted by Gasteiger charge is 2.31. The monoisotopic (exact) mass is 536 g/mol. The van der Waals surface area contributed by atoms with Crippen LogP contribution in [0.3, 0.4) is 0 Å². The van der Waals surface area contributed by atoms with E-state index >= 15 is 0 Å². The summed E-state index contributed by atoms with van der Waals surface area (Å²) in [6.07, 6.45) is 2.42. The molecule has 0 radical (unpaired) electrons. The Morgan fingerprint density at radius 1 is 1.23 bits per heavy atom. The van der Waals surface area contributed by atoms with E-state index < -0.39 is 5.97 Å². The number of benzene rings is 2. The number of para-hydroxylation sites is 1. The maximum Gasteiger partial charge on any atom is 0.344 e. The minimum absolute atomic E-state index is 0.0259. The molecule has 4 rings (SSSR count). The molecule has 1 aromatic heterocycles. The van der Waals surface area contributed by atoms with E-state index in [0.717, 1.165) is 26.6 Å². The van der Waals surface area contributed by atoms with Crippen LogP contribution in [0, 0.1) is 3.57 Å². The van der Waals surface area contributed by atoms with Crippen molar-refractivity contribution in [1.29, 1.82) is 0 Å². The molecule has 8 heteroatoms. The third-order valence-electron chi connectivity index (χ3n) is 4.92. The smallest absolute Gasteiger partial charge is 0.344 e. The van der Waals surface area contributed by atoms with Crippen molar-refractivity contribution in [2.75, 3.05) is 18.1 Å². The molecular formula is C22H18ClIN2O4. The molecule has 0 unspecified atom stereocenters. The van der Waals surface area contributed by atoms with Gasteiger partial charge in [-0.05, 0) is 65.8 Å². The topological polar surface area (TPSA) is 68.7 Å².